The Bertz CT molecular complexity index is 841. The van der Waals surface area contributed by atoms with Crippen molar-refractivity contribution < 1.29 is 9.59 Å². The van der Waals surface area contributed by atoms with Gasteiger partial charge in [0.05, 0.1) is 11.3 Å². The van der Waals surface area contributed by atoms with Crippen LogP contribution in [0.3, 0.4) is 0 Å². The zero-order valence-electron chi connectivity index (χ0n) is 14.6. The van der Waals surface area contributed by atoms with Crippen molar-refractivity contribution in [1.29, 1.82) is 0 Å². The fraction of sp³-hybridized carbons (Fsp3) is 0.389. The highest BCUT2D eigenvalue weighted by Gasteiger charge is 2.36. The van der Waals surface area contributed by atoms with Crippen molar-refractivity contribution in [1.82, 2.24) is 30.1 Å². The molecule has 2 saturated heterocycles. The molecule has 4 rings (SSSR count). The van der Waals surface area contributed by atoms with Crippen LogP contribution in [0.25, 0.3) is 11.4 Å². The quantitative estimate of drug-likeness (QED) is 0.824. The van der Waals surface area contributed by atoms with Crippen LogP contribution in [-0.4, -0.2) is 75.3 Å². The van der Waals surface area contributed by atoms with Crippen LogP contribution >= 0.6 is 0 Å². The Morgan fingerprint density at radius 2 is 2.15 bits per heavy atom. The van der Waals surface area contributed by atoms with Crippen LogP contribution in [0.1, 0.15) is 16.1 Å². The number of aromatic nitrogens is 3. The third kappa shape index (κ3) is 3.03. The van der Waals surface area contributed by atoms with E-state index in [1.807, 2.05) is 12.1 Å². The third-order valence-electron chi connectivity index (χ3n) is 4.91. The SMILES string of the molecule is Cc1nc(-c2cccnc2)ncc1C(=O)N1CCN2CCNC(=O)C2C1. The van der Waals surface area contributed by atoms with Gasteiger partial charge in [-0.3, -0.25) is 19.5 Å². The minimum atomic E-state index is -0.266. The van der Waals surface area contributed by atoms with Gasteiger partial charge in [0.25, 0.3) is 5.91 Å². The normalized spacial score (nSPS) is 20.4. The first kappa shape index (κ1) is 16.6. The summed E-state index contributed by atoms with van der Waals surface area (Å²) in [7, 11) is 0. The summed E-state index contributed by atoms with van der Waals surface area (Å²) in [5.74, 6) is 0.413. The van der Waals surface area contributed by atoms with Crippen LogP contribution in [0.5, 0.6) is 0 Å². The van der Waals surface area contributed by atoms with E-state index in [-0.39, 0.29) is 17.9 Å². The Morgan fingerprint density at radius 1 is 1.27 bits per heavy atom. The highest BCUT2D eigenvalue weighted by atomic mass is 16.2. The van der Waals surface area contributed by atoms with E-state index in [0.29, 0.717) is 43.3 Å². The molecule has 0 bridgehead atoms. The largest absolute Gasteiger partial charge is 0.353 e. The average Bonchev–Trinajstić information content (AvgIpc) is 2.68. The Hall–Kier alpha value is -2.87. The molecule has 26 heavy (non-hydrogen) atoms. The monoisotopic (exact) mass is 352 g/mol. The highest BCUT2D eigenvalue weighted by molar-refractivity contribution is 5.96. The number of piperazine rings is 2. The molecule has 8 nitrogen and oxygen atoms in total. The molecule has 0 spiro atoms. The number of rotatable bonds is 2. The Balaban J connectivity index is 1.54. The van der Waals surface area contributed by atoms with Crippen molar-refractivity contribution in [3.05, 3.63) is 42.0 Å². The van der Waals surface area contributed by atoms with Crippen LogP contribution in [0.4, 0.5) is 0 Å². The van der Waals surface area contributed by atoms with Gasteiger partial charge in [0.1, 0.15) is 6.04 Å². The maximum absolute atomic E-state index is 12.9. The number of aryl methyl sites for hydroxylation is 1. The molecule has 0 saturated carbocycles. The molecule has 0 aromatic carbocycles. The van der Waals surface area contributed by atoms with Gasteiger partial charge in [-0.15, -0.1) is 0 Å². The van der Waals surface area contributed by atoms with Crippen LogP contribution in [0.15, 0.2) is 30.7 Å². The number of pyridine rings is 1. The van der Waals surface area contributed by atoms with Crippen molar-refractivity contribution >= 4 is 11.8 Å². The summed E-state index contributed by atoms with van der Waals surface area (Å²) in [6.07, 6.45) is 4.95. The van der Waals surface area contributed by atoms with Crippen LogP contribution in [-0.2, 0) is 4.79 Å². The molecular formula is C18H20N6O2. The predicted octanol–water partition coefficient (Wildman–Crippen LogP) is 0.103. The summed E-state index contributed by atoms with van der Waals surface area (Å²) >= 11 is 0. The molecule has 1 atom stereocenters. The second-order valence-electron chi connectivity index (χ2n) is 6.53. The number of fused-ring (bicyclic) bond motifs is 1. The van der Waals surface area contributed by atoms with Crippen molar-refractivity contribution in [3.63, 3.8) is 0 Å². The first-order chi connectivity index (χ1) is 12.6. The van der Waals surface area contributed by atoms with Gasteiger partial charge in [-0.1, -0.05) is 0 Å². The first-order valence-corrected chi connectivity index (χ1v) is 8.68. The van der Waals surface area contributed by atoms with Crippen LogP contribution < -0.4 is 5.32 Å². The molecule has 8 heteroatoms. The van der Waals surface area contributed by atoms with Gasteiger partial charge >= 0.3 is 0 Å². The zero-order valence-corrected chi connectivity index (χ0v) is 14.6. The number of hydrogen-bond acceptors (Lipinski definition) is 6. The number of carbonyl (C=O) groups excluding carboxylic acids is 2. The summed E-state index contributed by atoms with van der Waals surface area (Å²) in [5, 5.41) is 2.87. The number of amides is 2. The van der Waals surface area contributed by atoms with Crippen LogP contribution in [0, 0.1) is 6.92 Å². The summed E-state index contributed by atoms with van der Waals surface area (Å²) < 4.78 is 0. The Labute approximate surface area is 151 Å². The lowest BCUT2D eigenvalue weighted by atomic mass is 10.1. The Kier molecular flexibility index (Phi) is 4.34. The van der Waals surface area contributed by atoms with E-state index in [2.05, 4.69) is 25.2 Å². The molecular weight excluding hydrogens is 332 g/mol. The van der Waals surface area contributed by atoms with E-state index in [1.54, 1.807) is 30.4 Å². The Morgan fingerprint density at radius 3 is 2.92 bits per heavy atom. The molecule has 2 amide bonds. The molecule has 2 aromatic heterocycles. The maximum atomic E-state index is 12.9. The minimum Gasteiger partial charge on any atom is -0.353 e. The van der Waals surface area contributed by atoms with Gasteiger partial charge in [-0.05, 0) is 19.1 Å². The van der Waals surface area contributed by atoms with Gasteiger partial charge < -0.3 is 10.2 Å². The fourth-order valence-corrected chi connectivity index (χ4v) is 3.44. The van der Waals surface area contributed by atoms with Crippen LogP contribution in [0.2, 0.25) is 0 Å². The number of nitrogens with zero attached hydrogens (tertiary/aromatic N) is 5. The standard InChI is InChI=1S/C18H20N6O2/c1-12-14(10-21-16(22-12)13-3-2-4-19-9-13)18(26)24-8-7-23-6-5-20-17(25)15(23)11-24/h2-4,9-10,15H,5-8,11H2,1H3,(H,20,25). The third-order valence-corrected chi connectivity index (χ3v) is 4.91. The van der Waals surface area contributed by atoms with E-state index >= 15 is 0 Å². The molecule has 4 heterocycles. The van der Waals surface area contributed by atoms with Crippen molar-refractivity contribution in [3.8, 4) is 11.4 Å². The predicted molar refractivity (Wildman–Crippen MR) is 94.3 cm³/mol. The molecule has 0 radical (unpaired) electrons. The van der Waals surface area contributed by atoms with E-state index in [0.717, 1.165) is 12.1 Å². The van der Waals surface area contributed by atoms with Crippen molar-refractivity contribution in [2.45, 2.75) is 13.0 Å². The number of hydrogen-bond donors (Lipinski definition) is 1. The van der Waals surface area contributed by atoms with Crippen molar-refractivity contribution in [2.75, 3.05) is 32.7 Å². The number of nitrogens with one attached hydrogen (secondary N) is 1. The highest BCUT2D eigenvalue weighted by Crippen LogP contribution is 2.18. The van der Waals surface area contributed by atoms with E-state index in [4.69, 9.17) is 0 Å². The molecule has 2 aromatic rings. The van der Waals surface area contributed by atoms with Gasteiger partial charge in [0.2, 0.25) is 5.91 Å². The lowest BCUT2D eigenvalue weighted by Crippen LogP contribution is -2.64. The molecule has 2 aliphatic heterocycles. The van der Waals surface area contributed by atoms with Crippen molar-refractivity contribution in [2.24, 2.45) is 0 Å². The second-order valence-corrected chi connectivity index (χ2v) is 6.53. The first-order valence-electron chi connectivity index (χ1n) is 8.68. The fourth-order valence-electron chi connectivity index (χ4n) is 3.44. The van der Waals surface area contributed by atoms with E-state index in [1.165, 1.54) is 0 Å². The minimum absolute atomic E-state index is 0.00588. The second kappa shape index (κ2) is 6.80. The topological polar surface area (TPSA) is 91.3 Å². The molecule has 2 fully saturated rings. The summed E-state index contributed by atoms with van der Waals surface area (Å²) in [4.78, 5) is 41.7. The molecule has 2 aliphatic rings. The van der Waals surface area contributed by atoms with Gasteiger partial charge in [-0.2, -0.15) is 0 Å². The van der Waals surface area contributed by atoms with E-state index in [9.17, 15) is 9.59 Å². The molecule has 1 unspecified atom stereocenters. The summed E-state index contributed by atoms with van der Waals surface area (Å²) in [6.45, 7) is 5.02. The molecule has 1 N–H and O–H groups in total. The lowest BCUT2D eigenvalue weighted by molar-refractivity contribution is -0.131. The maximum Gasteiger partial charge on any atom is 0.257 e. The average molecular weight is 352 g/mol. The zero-order chi connectivity index (χ0) is 18.1. The summed E-state index contributed by atoms with van der Waals surface area (Å²) in [6, 6.07) is 3.43. The molecule has 134 valence electrons. The lowest BCUT2D eigenvalue weighted by Gasteiger charge is -2.43. The van der Waals surface area contributed by atoms with Gasteiger partial charge in [0, 0.05) is 56.9 Å². The van der Waals surface area contributed by atoms with Gasteiger partial charge in [0.15, 0.2) is 5.82 Å². The number of carbonyl (C=O) groups is 2. The van der Waals surface area contributed by atoms with Gasteiger partial charge in [-0.25, -0.2) is 9.97 Å². The smallest absolute Gasteiger partial charge is 0.257 e. The molecule has 0 aliphatic carbocycles. The summed E-state index contributed by atoms with van der Waals surface area (Å²) in [5.41, 5.74) is 1.91. The van der Waals surface area contributed by atoms with E-state index < -0.39 is 0 Å².